The number of hydrogen-bond acceptors (Lipinski definition) is 4. The number of sulfonamides is 2. The lowest BCUT2D eigenvalue weighted by Gasteiger charge is -2.28. The number of benzene rings is 3. The molecule has 6 nitrogen and oxygen atoms in total. The lowest BCUT2D eigenvalue weighted by molar-refractivity contribution is 0.391. The van der Waals surface area contributed by atoms with Gasteiger partial charge in [0.25, 0.3) is 10.0 Å². The summed E-state index contributed by atoms with van der Waals surface area (Å²) < 4.78 is 81.5. The van der Waals surface area contributed by atoms with E-state index in [1.54, 1.807) is 18.2 Å². The number of nitrogens with one attached hydrogen (secondary N) is 1. The fraction of sp³-hybridized carbons (Fsp3) is 0.143. The molecule has 4 rings (SSSR count). The Morgan fingerprint density at radius 3 is 2.26 bits per heavy atom. The van der Waals surface area contributed by atoms with Crippen LogP contribution in [-0.2, 0) is 33.0 Å². The quantitative estimate of drug-likeness (QED) is 0.626. The Labute approximate surface area is 179 Å². The molecule has 1 aliphatic heterocycles. The van der Waals surface area contributed by atoms with Gasteiger partial charge in [-0.2, -0.15) is 4.31 Å². The molecular weight excluding hydrogens is 446 g/mol. The minimum Gasteiger partial charge on any atom is -0.280 e. The molecule has 1 N–H and O–H groups in total. The molecule has 1 aliphatic rings. The molecule has 0 radical (unpaired) electrons. The maximum absolute atomic E-state index is 13.9. The van der Waals surface area contributed by atoms with E-state index in [1.807, 2.05) is 0 Å². The van der Waals surface area contributed by atoms with Crippen LogP contribution in [0.4, 0.5) is 14.5 Å². The number of rotatable bonds is 5. The SMILES string of the molecule is O=S(=O)(Nc1ccc2c(c1)CN(S(=O)(=O)c1ccc(F)cc1)CC2)c1ccccc1F. The highest BCUT2D eigenvalue weighted by atomic mass is 32.2. The molecule has 162 valence electrons. The van der Waals surface area contributed by atoms with Crippen LogP contribution in [-0.4, -0.2) is 27.7 Å². The third kappa shape index (κ3) is 4.32. The van der Waals surface area contributed by atoms with Gasteiger partial charge in [-0.15, -0.1) is 0 Å². The standard InChI is InChI=1S/C21H18F2N2O4S2/c22-17-6-9-19(10-7-17)31(28,29)25-12-11-15-5-8-18(13-16(15)14-25)24-30(26,27)21-4-2-1-3-20(21)23/h1-10,13,24H,11-12,14H2. The molecule has 0 unspecified atom stereocenters. The van der Waals surface area contributed by atoms with Crippen molar-refractivity contribution in [3.05, 3.63) is 89.5 Å². The summed E-state index contributed by atoms with van der Waals surface area (Å²) in [6.45, 7) is 0.275. The van der Waals surface area contributed by atoms with E-state index in [-0.39, 0.29) is 23.7 Å². The van der Waals surface area contributed by atoms with Crippen molar-refractivity contribution in [2.24, 2.45) is 0 Å². The van der Waals surface area contributed by atoms with E-state index < -0.39 is 36.6 Å². The van der Waals surface area contributed by atoms with E-state index >= 15 is 0 Å². The predicted molar refractivity (Wildman–Crippen MR) is 111 cm³/mol. The van der Waals surface area contributed by atoms with Crippen molar-refractivity contribution < 1.29 is 25.6 Å². The number of hydrogen-bond donors (Lipinski definition) is 1. The molecule has 0 saturated carbocycles. The Balaban J connectivity index is 1.60. The molecule has 0 aliphatic carbocycles. The van der Waals surface area contributed by atoms with Crippen molar-refractivity contribution in [1.29, 1.82) is 0 Å². The van der Waals surface area contributed by atoms with E-state index in [4.69, 9.17) is 0 Å². The van der Waals surface area contributed by atoms with Gasteiger partial charge in [0.15, 0.2) is 0 Å². The molecule has 0 bridgehead atoms. The van der Waals surface area contributed by atoms with Gasteiger partial charge >= 0.3 is 0 Å². The van der Waals surface area contributed by atoms with Crippen LogP contribution in [0.15, 0.2) is 76.5 Å². The van der Waals surface area contributed by atoms with E-state index in [9.17, 15) is 25.6 Å². The summed E-state index contributed by atoms with van der Waals surface area (Å²) in [6, 6.07) is 14.4. The first-order chi connectivity index (χ1) is 14.7. The highest BCUT2D eigenvalue weighted by Gasteiger charge is 2.29. The fourth-order valence-electron chi connectivity index (χ4n) is 3.43. The second-order valence-electron chi connectivity index (χ2n) is 7.06. The van der Waals surface area contributed by atoms with E-state index in [0.29, 0.717) is 12.0 Å². The number of anilines is 1. The molecule has 0 aromatic heterocycles. The highest BCUT2D eigenvalue weighted by Crippen LogP contribution is 2.28. The molecule has 10 heteroatoms. The summed E-state index contributed by atoms with van der Waals surface area (Å²) >= 11 is 0. The van der Waals surface area contributed by atoms with Crippen LogP contribution in [0.25, 0.3) is 0 Å². The van der Waals surface area contributed by atoms with Crippen molar-refractivity contribution in [3.8, 4) is 0 Å². The van der Waals surface area contributed by atoms with Gasteiger partial charge in [-0.25, -0.2) is 25.6 Å². The molecule has 0 spiro atoms. The van der Waals surface area contributed by atoms with Crippen molar-refractivity contribution in [2.75, 3.05) is 11.3 Å². The van der Waals surface area contributed by atoms with Gasteiger partial charge < -0.3 is 0 Å². The smallest absolute Gasteiger partial charge is 0.264 e. The summed E-state index contributed by atoms with van der Waals surface area (Å²) in [7, 11) is -7.99. The largest absolute Gasteiger partial charge is 0.280 e. The Morgan fingerprint density at radius 2 is 1.55 bits per heavy atom. The Kier molecular flexibility index (Phi) is 5.54. The molecule has 0 fully saturated rings. The van der Waals surface area contributed by atoms with E-state index in [1.165, 1.54) is 28.6 Å². The Morgan fingerprint density at radius 1 is 0.839 bits per heavy atom. The first-order valence-corrected chi connectivity index (χ1v) is 12.2. The van der Waals surface area contributed by atoms with Crippen molar-refractivity contribution in [3.63, 3.8) is 0 Å². The van der Waals surface area contributed by atoms with Gasteiger partial charge in [0.2, 0.25) is 10.0 Å². The number of halogens is 2. The first-order valence-electron chi connectivity index (χ1n) is 9.32. The maximum atomic E-state index is 13.9. The summed E-state index contributed by atoms with van der Waals surface area (Å²) in [5, 5.41) is 0. The van der Waals surface area contributed by atoms with Gasteiger partial charge in [0.05, 0.1) is 4.90 Å². The monoisotopic (exact) mass is 464 g/mol. The van der Waals surface area contributed by atoms with Gasteiger partial charge in [0.1, 0.15) is 16.5 Å². The molecule has 0 atom stereocenters. The molecule has 0 amide bonds. The number of nitrogens with zero attached hydrogens (tertiary/aromatic N) is 1. The zero-order chi connectivity index (χ0) is 22.2. The van der Waals surface area contributed by atoms with Gasteiger partial charge in [-0.1, -0.05) is 18.2 Å². The second-order valence-corrected chi connectivity index (χ2v) is 10.7. The zero-order valence-electron chi connectivity index (χ0n) is 16.1. The molecular formula is C21H18F2N2O4S2. The third-order valence-electron chi connectivity index (χ3n) is 5.01. The van der Waals surface area contributed by atoms with Crippen LogP contribution in [0.3, 0.4) is 0 Å². The molecule has 3 aromatic carbocycles. The van der Waals surface area contributed by atoms with E-state index in [2.05, 4.69) is 4.72 Å². The van der Waals surface area contributed by atoms with Crippen LogP contribution in [0.2, 0.25) is 0 Å². The van der Waals surface area contributed by atoms with Crippen LogP contribution in [0.1, 0.15) is 11.1 Å². The van der Waals surface area contributed by atoms with Gasteiger partial charge in [-0.05, 0) is 66.1 Å². The third-order valence-corrected chi connectivity index (χ3v) is 8.29. The summed E-state index contributed by atoms with van der Waals surface area (Å²) in [4.78, 5) is -0.498. The fourth-order valence-corrected chi connectivity index (χ4v) is 5.98. The molecule has 1 heterocycles. The average molecular weight is 465 g/mol. The van der Waals surface area contributed by atoms with Crippen LogP contribution in [0, 0.1) is 11.6 Å². The first kappa shape index (κ1) is 21.4. The van der Waals surface area contributed by atoms with Crippen molar-refractivity contribution >= 4 is 25.7 Å². The lowest BCUT2D eigenvalue weighted by atomic mass is 10.0. The van der Waals surface area contributed by atoms with Gasteiger partial charge in [-0.3, -0.25) is 4.72 Å². The predicted octanol–water partition coefficient (Wildman–Crippen LogP) is 3.51. The minimum atomic E-state index is -4.15. The topological polar surface area (TPSA) is 83.6 Å². The zero-order valence-corrected chi connectivity index (χ0v) is 17.8. The van der Waals surface area contributed by atoms with Crippen LogP contribution in [0.5, 0.6) is 0 Å². The lowest BCUT2D eigenvalue weighted by Crippen LogP contribution is -2.36. The normalized spacial score (nSPS) is 14.8. The summed E-state index contributed by atoms with van der Waals surface area (Å²) in [6.07, 6.45) is 0.441. The van der Waals surface area contributed by atoms with Gasteiger partial charge in [0, 0.05) is 18.8 Å². The molecule has 31 heavy (non-hydrogen) atoms. The number of fused-ring (bicyclic) bond motifs is 1. The average Bonchev–Trinajstić information content (AvgIpc) is 2.73. The summed E-state index contributed by atoms with van der Waals surface area (Å²) in [5.41, 5.74) is 1.72. The maximum Gasteiger partial charge on any atom is 0.264 e. The van der Waals surface area contributed by atoms with Crippen molar-refractivity contribution in [2.45, 2.75) is 22.8 Å². The summed E-state index contributed by atoms with van der Waals surface area (Å²) in [5.74, 6) is -1.40. The van der Waals surface area contributed by atoms with Crippen molar-refractivity contribution in [1.82, 2.24) is 4.31 Å². The molecule has 3 aromatic rings. The van der Waals surface area contributed by atoms with Crippen LogP contribution >= 0.6 is 0 Å². The molecule has 0 saturated heterocycles. The van der Waals surface area contributed by atoms with E-state index in [0.717, 1.165) is 29.8 Å². The highest BCUT2D eigenvalue weighted by molar-refractivity contribution is 7.92. The Bertz CT molecular complexity index is 1340. The Hall–Kier alpha value is -2.82. The second kappa shape index (κ2) is 8.03. The minimum absolute atomic E-state index is 0.0197. The van der Waals surface area contributed by atoms with Crippen LogP contribution < -0.4 is 4.72 Å².